The van der Waals surface area contributed by atoms with Crippen molar-refractivity contribution in [2.24, 2.45) is 23.0 Å². The van der Waals surface area contributed by atoms with Gasteiger partial charge in [0.15, 0.2) is 6.10 Å². The van der Waals surface area contributed by atoms with E-state index in [1.807, 2.05) is 0 Å². The van der Waals surface area contributed by atoms with Gasteiger partial charge in [0.25, 0.3) is 5.91 Å². The third-order valence-electron chi connectivity index (χ3n) is 5.11. The Morgan fingerprint density at radius 2 is 1.84 bits per heavy atom. The molecule has 4 aliphatic carbocycles. The van der Waals surface area contributed by atoms with Crippen LogP contribution in [0.3, 0.4) is 0 Å². The molecule has 0 aliphatic heterocycles. The maximum Gasteiger partial charge on any atom is 0.312 e. The van der Waals surface area contributed by atoms with Crippen molar-refractivity contribution in [3.63, 3.8) is 0 Å². The quantitative estimate of drug-likeness (QED) is 0.637. The van der Waals surface area contributed by atoms with E-state index in [9.17, 15) is 9.59 Å². The molecule has 4 saturated carbocycles. The van der Waals surface area contributed by atoms with E-state index in [2.05, 4.69) is 15.9 Å². The number of nitrogens with two attached hydrogens (primary N) is 1. The van der Waals surface area contributed by atoms with Crippen LogP contribution in [0.4, 0.5) is 0 Å². The largest absolute Gasteiger partial charge is 0.452 e. The average molecular weight is 330 g/mol. The molecule has 0 heterocycles. The highest BCUT2D eigenvalue weighted by Gasteiger charge is 2.60. The van der Waals surface area contributed by atoms with Crippen LogP contribution in [0.25, 0.3) is 0 Å². The summed E-state index contributed by atoms with van der Waals surface area (Å²) in [6.07, 6.45) is 5.44. The second-order valence-corrected chi connectivity index (χ2v) is 8.52. The standard InChI is InChI=1S/C14H20BrNO3/c1-8(11(16)17)19-12(18)13-3-9-2-10(4-13)6-14(15,5-9)7-13/h8-10H,2-7H2,1H3,(H2,16,17)/t8-,9-,10-,13?,14?/m0/s1. The molecule has 19 heavy (non-hydrogen) atoms. The molecule has 4 bridgehead atoms. The number of hydrogen-bond donors (Lipinski definition) is 1. The Balaban J connectivity index is 1.80. The number of alkyl halides is 1. The van der Waals surface area contributed by atoms with Gasteiger partial charge in [-0.1, -0.05) is 15.9 Å². The predicted molar refractivity (Wildman–Crippen MR) is 73.5 cm³/mol. The van der Waals surface area contributed by atoms with E-state index in [0.29, 0.717) is 11.8 Å². The van der Waals surface area contributed by atoms with Crippen LogP contribution in [0.1, 0.15) is 45.4 Å². The minimum atomic E-state index is -0.827. The van der Waals surface area contributed by atoms with E-state index in [1.165, 1.54) is 19.3 Å². The van der Waals surface area contributed by atoms with E-state index in [-0.39, 0.29) is 15.7 Å². The fraction of sp³-hybridized carbons (Fsp3) is 0.857. The second kappa shape index (κ2) is 4.21. The molecule has 0 saturated heterocycles. The first kappa shape index (κ1) is 13.4. The van der Waals surface area contributed by atoms with Crippen molar-refractivity contribution in [2.75, 3.05) is 0 Å². The van der Waals surface area contributed by atoms with Gasteiger partial charge in [-0.15, -0.1) is 0 Å². The molecule has 0 unspecified atom stereocenters. The van der Waals surface area contributed by atoms with Crippen LogP contribution in [-0.4, -0.2) is 22.3 Å². The van der Waals surface area contributed by atoms with Gasteiger partial charge in [0.05, 0.1) is 5.41 Å². The molecule has 0 radical (unpaired) electrons. The Bertz CT molecular complexity index is 422. The Hall–Kier alpha value is -0.580. The summed E-state index contributed by atoms with van der Waals surface area (Å²) in [6.45, 7) is 1.55. The Morgan fingerprint density at radius 1 is 1.26 bits per heavy atom. The van der Waals surface area contributed by atoms with E-state index >= 15 is 0 Å². The molecule has 106 valence electrons. The summed E-state index contributed by atoms with van der Waals surface area (Å²) >= 11 is 3.86. The topological polar surface area (TPSA) is 69.4 Å². The van der Waals surface area contributed by atoms with Crippen molar-refractivity contribution >= 4 is 27.8 Å². The van der Waals surface area contributed by atoms with Gasteiger partial charge in [-0.05, 0) is 57.3 Å². The van der Waals surface area contributed by atoms with Crippen LogP contribution < -0.4 is 5.73 Å². The zero-order chi connectivity index (χ0) is 13.8. The molecule has 1 amide bonds. The van der Waals surface area contributed by atoms with E-state index in [0.717, 1.165) is 19.3 Å². The molecule has 4 aliphatic rings. The number of ether oxygens (including phenoxy) is 1. The van der Waals surface area contributed by atoms with Crippen molar-refractivity contribution in [1.82, 2.24) is 0 Å². The van der Waals surface area contributed by atoms with E-state index in [1.54, 1.807) is 6.92 Å². The first-order chi connectivity index (χ1) is 8.82. The van der Waals surface area contributed by atoms with Crippen LogP contribution in [-0.2, 0) is 14.3 Å². The van der Waals surface area contributed by atoms with Crippen molar-refractivity contribution in [3.8, 4) is 0 Å². The smallest absolute Gasteiger partial charge is 0.312 e. The molecule has 3 atom stereocenters. The lowest BCUT2D eigenvalue weighted by atomic mass is 9.49. The molecule has 2 N–H and O–H groups in total. The number of hydrogen-bond acceptors (Lipinski definition) is 3. The molecular formula is C14H20BrNO3. The predicted octanol–water partition coefficient (Wildman–Crippen LogP) is 2.14. The fourth-order valence-corrected chi connectivity index (χ4v) is 6.19. The van der Waals surface area contributed by atoms with Crippen LogP contribution in [0.5, 0.6) is 0 Å². The Labute approximate surface area is 121 Å². The zero-order valence-corrected chi connectivity index (χ0v) is 12.7. The summed E-state index contributed by atoms with van der Waals surface area (Å²) in [5.41, 5.74) is 4.80. The fourth-order valence-electron chi connectivity index (χ4n) is 4.73. The third-order valence-corrected chi connectivity index (χ3v) is 6.04. The lowest BCUT2D eigenvalue weighted by molar-refractivity contribution is -0.176. The summed E-state index contributed by atoms with van der Waals surface area (Å²) < 4.78 is 5.42. The Morgan fingerprint density at radius 3 is 2.32 bits per heavy atom. The second-order valence-electron chi connectivity index (χ2n) is 6.84. The summed E-state index contributed by atoms with van der Waals surface area (Å²) in [4.78, 5) is 23.6. The SMILES string of the molecule is C[C@H](OC(=O)C12C[C@@H]3C[C@H](CC(Br)(C3)C1)C2)C(N)=O. The van der Waals surface area contributed by atoms with E-state index < -0.39 is 12.0 Å². The maximum atomic E-state index is 12.5. The normalized spacial score (nSPS) is 44.9. The third kappa shape index (κ3) is 2.20. The molecule has 0 aromatic heterocycles. The number of rotatable bonds is 3. The molecule has 0 aromatic rings. The van der Waals surface area contributed by atoms with Gasteiger partial charge < -0.3 is 10.5 Å². The molecule has 5 heteroatoms. The number of carbonyl (C=O) groups excluding carboxylic acids is 2. The molecule has 4 fully saturated rings. The van der Waals surface area contributed by atoms with Gasteiger partial charge >= 0.3 is 5.97 Å². The van der Waals surface area contributed by atoms with Gasteiger partial charge in [-0.25, -0.2) is 0 Å². The van der Waals surface area contributed by atoms with Crippen LogP contribution >= 0.6 is 15.9 Å². The van der Waals surface area contributed by atoms with Crippen LogP contribution in [0.2, 0.25) is 0 Å². The molecular weight excluding hydrogens is 310 g/mol. The lowest BCUT2D eigenvalue weighted by Crippen LogP contribution is -2.56. The van der Waals surface area contributed by atoms with Gasteiger partial charge in [0.2, 0.25) is 0 Å². The van der Waals surface area contributed by atoms with Gasteiger partial charge in [-0.2, -0.15) is 0 Å². The maximum absolute atomic E-state index is 12.5. The van der Waals surface area contributed by atoms with Crippen molar-refractivity contribution in [3.05, 3.63) is 0 Å². The number of amides is 1. The zero-order valence-electron chi connectivity index (χ0n) is 11.2. The van der Waals surface area contributed by atoms with Crippen molar-refractivity contribution in [2.45, 2.75) is 55.9 Å². The minimum absolute atomic E-state index is 0.117. The highest BCUT2D eigenvalue weighted by atomic mass is 79.9. The van der Waals surface area contributed by atoms with Crippen molar-refractivity contribution in [1.29, 1.82) is 0 Å². The number of esters is 1. The first-order valence-electron chi connectivity index (χ1n) is 7.01. The minimum Gasteiger partial charge on any atom is -0.452 e. The molecule has 0 spiro atoms. The highest BCUT2D eigenvalue weighted by molar-refractivity contribution is 9.10. The molecule has 4 rings (SSSR count). The van der Waals surface area contributed by atoms with Gasteiger partial charge in [0, 0.05) is 4.32 Å². The summed E-state index contributed by atoms with van der Waals surface area (Å²) in [6, 6.07) is 0. The van der Waals surface area contributed by atoms with Gasteiger partial charge in [-0.3, -0.25) is 9.59 Å². The summed E-state index contributed by atoms with van der Waals surface area (Å²) in [7, 11) is 0. The molecule has 4 nitrogen and oxygen atoms in total. The van der Waals surface area contributed by atoms with E-state index in [4.69, 9.17) is 10.5 Å². The van der Waals surface area contributed by atoms with Gasteiger partial charge in [0.1, 0.15) is 0 Å². The monoisotopic (exact) mass is 329 g/mol. The average Bonchev–Trinajstić information content (AvgIpc) is 2.24. The number of carbonyl (C=O) groups is 2. The van der Waals surface area contributed by atoms with Crippen LogP contribution in [0.15, 0.2) is 0 Å². The lowest BCUT2D eigenvalue weighted by Gasteiger charge is -2.58. The summed E-state index contributed by atoms with van der Waals surface area (Å²) in [5, 5.41) is 0. The molecule has 0 aromatic carbocycles. The van der Waals surface area contributed by atoms with Crippen LogP contribution in [0, 0.1) is 17.3 Å². The first-order valence-corrected chi connectivity index (χ1v) is 7.81. The number of primary amides is 1. The number of halogens is 1. The highest BCUT2D eigenvalue weighted by Crippen LogP contribution is 2.64. The summed E-state index contributed by atoms with van der Waals surface area (Å²) in [5.74, 6) is 0.456. The van der Waals surface area contributed by atoms with Crippen molar-refractivity contribution < 1.29 is 14.3 Å². The Kier molecular flexibility index (Phi) is 2.97.